The first-order valence-electron chi connectivity index (χ1n) is 12.5. The van der Waals surface area contributed by atoms with Gasteiger partial charge in [0.15, 0.2) is 11.5 Å². The van der Waals surface area contributed by atoms with Crippen LogP contribution in [0.3, 0.4) is 0 Å². The largest absolute Gasteiger partial charge is 0.505 e. The van der Waals surface area contributed by atoms with E-state index in [1.165, 1.54) is 0 Å². The number of aliphatic hydroxyl groups is 6. The molecule has 2 aromatic carbocycles. The van der Waals surface area contributed by atoms with Gasteiger partial charge in [-0.25, -0.2) is 9.36 Å². The molecule has 296 valence electrons. The number of phenolic OH excluding ortho intramolecular Hbond substituents is 2. The Labute approximate surface area is 340 Å². The monoisotopic (exact) mass is 952 g/mol. The molecule has 0 aliphatic rings. The van der Waals surface area contributed by atoms with Gasteiger partial charge < -0.3 is 65.4 Å². The number of halogens is 10. The molecule has 0 aliphatic carbocycles. The van der Waals surface area contributed by atoms with E-state index in [0.717, 1.165) is 6.08 Å². The van der Waals surface area contributed by atoms with Crippen LogP contribution in [0.2, 0.25) is 50.2 Å². The summed E-state index contributed by atoms with van der Waals surface area (Å²) in [6.07, 6.45) is 0.833. The molecule has 26 heteroatoms. The van der Waals surface area contributed by atoms with Gasteiger partial charge in [0.1, 0.15) is 20.1 Å². The summed E-state index contributed by atoms with van der Waals surface area (Å²) in [7, 11) is -4.64. The minimum Gasteiger partial charge on any atom is -0.505 e. The molecule has 0 heterocycles. The maximum Gasteiger partial charge on any atom is 0.466 e. The van der Waals surface area contributed by atoms with E-state index in [2.05, 4.69) is 6.58 Å². The first-order chi connectivity index (χ1) is 23.3. The number of ether oxygens (including phenoxy) is 1. The lowest BCUT2D eigenvalue weighted by Gasteiger charge is -2.31. The van der Waals surface area contributed by atoms with Crippen LogP contribution in [0.15, 0.2) is 12.7 Å². The Morgan fingerprint density at radius 3 is 0.843 bits per heavy atom. The Kier molecular flexibility index (Phi) is 29.0. The van der Waals surface area contributed by atoms with Gasteiger partial charge in [0.25, 0.3) is 0 Å². The van der Waals surface area contributed by atoms with Crippen molar-refractivity contribution in [1.82, 2.24) is 0 Å². The van der Waals surface area contributed by atoms with Crippen LogP contribution >= 0.6 is 124 Å². The quantitative estimate of drug-likeness (QED) is 0.0567. The van der Waals surface area contributed by atoms with Crippen molar-refractivity contribution in [2.24, 2.45) is 10.8 Å². The number of carbonyl (C=O) groups is 1. The number of aliphatic carboxylic acids is 1. The van der Waals surface area contributed by atoms with Crippen molar-refractivity contribution < 1.29 is 74.7 Å². The van der Waals surface area contributed by atoms with E-state index in [4.69, 9.17) is 176 Å². The van der Waals surface area contributed by atoms with Gasteiger partial charge >= 0.3 is 13.8 Å². The third-order valence-electron chi connectivity index (χ3n) is 5.38. The second-order valence-electron chi connectivity index (χ2n) is 9.33. The molecule has 2 aromatic rings. The van der Waals surface area contributed by atoms with E-state index in [1.54, 1.807) is 0 Å². The minimum absolute atomic E-state index is 0.00904. The summed E-state index contributed by atoms with van der Waals surface area (Å²) in [6.45, 7) is -0.0446. The van der Waals surface area contributed by atoms with Crippen molar-refractivity contribution in [3.05, 3.63) is 62.9 Å². The van der Waals surface area contributed by atoms with Gasteiger partial charge in [-0.1, -0.05) is 123 Å². The smallest absolute Gasteiger partial charge is 0.466 e. The molecule has 0 amide bonds. The molecular weight excluding hydrogens is 926 g/mol. The Morgan fingerprint density at radius 1 is 0.549 bits per heavy atom. The second kappa shape index (κ2) is 26.7. The molecule has 0 saturated carbocycles. The number of rotatable bonds is 11. The average molecular weight is 957 g/mol. The molecule has 0 aromatic heterocycles. The van der Waals surface area contributed by atoms with Crippen molar-refractivity contribution >= 4 is 130 Å². The molecule has 0 saturated heterocycles. The number of carboxylic acid groups (broad SMARTS) is 1. The molecule has 0 bridgehead atoms. The van der Waals surface area contributed by atoms with Crippen molar-refractivity contribution in [2.75, 3.05) is 52.9 Å². The lowest BCUT2D eigenvalue weighted by molar-refractivity contribution is -0.131. The lowest BCUT2D eigenvalue weighted by atomic mass is 9.91. The summed E-state index contributed by atoms with van der Waals surface area (Å²) in [5, 5.41) is 79.8. The third-order valence-corrected chi connectivity index (χ3v) is 9.89. The van der Waals surface area contributed by atoms with E-state index < -0.39 is 64.3 Å². The lowest BCUT2D eigenvalue weighted by Crippen LogP contribution is -2.43. The van der Waals surface area contributed by atoms with Gasteiger partial charge in [-0.15, -0.1) is 0 Å². The van der Waals surface area contributed by atoms with Crippen LogP contribution in [-0.2, 0) is 14.1 Å². The summed E-state index contributed by atoms with van der Waals surface area (Å²) in [5.41, 5.74) is -2.32. The van der Waals surface area contributed by atoms with Crippen LogP contribution in [0.4, 0.5) is 0 Å². The topological polar surface area (TPSA) is 286 Å². The SMILES string of the molecule is C=CC(=O)O.O=P(O)(O)O.OCC(CO)(CO)COCC(CO)(CO)CO.Oc1c(Cl)c(Cl)c(Cl)c(Cl)c1Cl.Oc1c(Cl)c(Cl)c(Cl)c(Cl)c1Cl. The number of aliphatic hydroxyl groups excluding tert-OH is 6. The summed E-state index contributed by atoms with van der Waals surface area (Å²) < 4.78 is 14.0. The predicted octanol–water partition coefficient (Wildman–Crippen LogP) is 5.58. The highest BCUT2D eigenvalue weighted by molar-refractivity contribution is 7.45. The number of phosphoric acid groups is 1. The normalized spacial score (nSPS) is 11.0. The highest BCUT2D eigenvalue weighted by atomic mass is 35.5. The fourth-order valence-electron chi connectivity index (χ4n) is 2.24. The second-order valence-corrected chi connectivity index (χ2v) is 14.1. The summed E-state index contributed by atoms with van der Waals surface area (Å²) in [5.74, 6) is -1.71. The highest BCUT2D eigenvalue weighted by Crippen LogP contribution is 2.48. The molecule has 0 aliphatic heterocycles. The number of phenols is 2. The highest BCUT2D eigenvalue weighted by Gasteiger charge is 2.33. The molecule has 2 rings (SSSR count). The molecule has 0 atom stereocenters. The summed E-state index contributed by atoms with van der Waals surface area (Å²) >= 11 is 55.8. The van der Waals surface area contributed by atoms with Crippen molar-refractivity contribution in [3.63, 3.8) is 0 Å². The van der Waals surface area contributed by atoms with E-state index in [-0.39, 0.29) is 74.9 Å². The molecule has 0 fully saturated rings. The van der Waals surface area contributed by atoms with Crippen LogP contribution in [0.5, 0.6) is 11.5 Å². The van der Waals surface area contributed by atoms with Crippen LogP contribution in [-0.4, -0.2) is 119 Å². The van der Waals surface area contributed by atoms with Gasteiger partial charge in [0, 0.05) is 6.08 Å². The molecule has 51 heavy (non-hydrogen) atoms. The van der Waals surface area contributed by atoms with E-state index in [1.807, 2.05) is 0 Å². The number of carboxylic acids is 1. The summed E-state index contributed by atoms with van der Waals surface area (Å²) in [4.78, 5) is 30.8. The van der Waals surface area contributed by atoms with Crippen molar-refractivity contribution in [2.45, 2.75) is 0 Å². The Morgan fingerprint density at radius 2 is 0.706 bits per heavy atom. The van der Waals surface area contributed by atoms with Crippen LogP contribution in [0.1, 0.15) is 0 Å². The van der Waals surface area contributed by atoms with Crippen molar-refractivity contribution in [1.29, 1.82) is 0 Å². The van der Waals surface area contributed by atoms with Gasteiger partial charge in [0.2, 0.25) is 0 Å². The standard InChI is InChI=1S/C10H22O7.2C6HCl5O.C3H4O2.H3O4P/c11-1-9(2-12,3-13)7-17-8-10(4-14,5-15)6-16;2*7-1-2(8)4(10)6(12)5(11)3(1)9;1-2-3(4)5;1-5(2,3)4/h11-16H,1-8H2;2*12H;2H,1H2,(H,4,5);(H3,1,2,3,4). The molecule has 12 N–H and O–H groups in total. The number of benzene rings is 2. The average Bonchev–Trinajstić information content (AvgIpc) is 3.10. The maximum atomic E-state index is 9.25. The Bertz CT molecular complexity index is 1130. The number of hydrogen-bond donors (Lipinski definition) is 12. The number of hydrogen-bond acceptors (Lipinski definition) is 11. The zero-order chi connectivity index (χ0) is 41.1. The van der Waals surface area contributed by atoms with Gasteiger partial charge in [-0.3, -0.25) is 0 Å². The Balaban J connectivity index is -0.000000605. The van der Waals surface area contributed by atoms with Crippen molar-refractivity contribution in [3.8, 4) is 11.5 Å². The molecule has 0 unspecified atom stereocenters. The molecule has 0 radical (unpaired) electrons. The summed E-state index contributed by atoms with van der Waals surface area (Å²) in [6, 6.07) is 0. The molecular formula is C25H31Cl10O15P. The number of aromatic hydroxyl groups is 2. The van der Waals surface area contributed by atoms with Gasteiger partial charge in [-0.05, 0) is 0 Å². The maximum absolute atomic E-state index is 9.25. The zero-order valence-electron chi connectivity index (χ0n) is 25.3. The third kappa shape index (κ3) is 19.9. The van der Waals surface area contributed by atoms with Crippen LogP contribution < -0.4 is 0 Å². The molecule has 15 nitrogen and oxygen atoms in total. The predicted molar refractivity (Wildman–Crippen MR) is 197 cm³/mol. The Hall–Kier alpha value is -0.0200. The van der Waals surface area contributed by atoms with Gasteiger partial charge in [0.05, 0.1) is 93.8 Å². The minimum atomic E-state index is -4.64. The first kappa shape index (κ1) is 55.3. The van der Waals surface area contributed by atoms with Crippen LogP contribution in [0.25, 0.3) is 0 Å². The van der Waals surface area contributed by atoms with Gasteiger partial charge in [-0.2, -0.15) is 0 Å². The zero-order valence-corrected chi connectivity index (χ0v) is 33.7. The van der Waals surface area contributed by atoms with Crippen LogP contribution in [0, 0.1) is 10.8 Å². The van der Waals surface area contributed by atoms with E-state index >= 15 is 0 Å². The first-order valence-corrected chi connectivity index (χ1v) is 17.9. The van der Waals surface area contributed by atoms with E-state index in [0.29, 0.717) is 0 Å². The fourth-order valence-corrected chi connectivity index (χ4v) is 4.50. The molecule has 0 spiro atoms. The fraction of sp³-hybridized carbons (Fsp3) is 0.400. The van der Waals surface area contributed by atoms with E-state index in [9.17, 15) is 15.0 Å².